The molecule has 1 aliphatic rings. The molecule has 18 heavy (non-hydrogen) atoms. The molecular weight excluding hydrogens is 226 g/mol. The Balaban J connectivity index is 2.36. The zero-order chi connectivity index (χ0) is 13.1. The van der Waals surface area contributed by atoms with Crippen molar-refractivity contribution in [1.29, 1.82) is 0 Å². The minimum absolute atomic E-state index is 0.514. The van der Waals surface area contributed by atoms with Crippen molar-refractivity contribution in [1.82, 2.24) is 0 Å². The van der Waals surface area contributed by atoms with Gasteiger partial charge in [0.15, 0.2) is 0 Å². The Labute approximate surface area is 109 Å². The molecule has 1 atom stereocenters. The van der Waals surface area contributed by atoms with E-state index in [-0.39, 0.29) is 0 Å². The minimum atomic E-state index is -0.514. The first-order chi connectivity index (χ1) is 8.65. The second-order valence-electron chi connectivity index (χ2n) is 5.12. The maximum absolute atomic E-state index is 10.0. The Kier molecular flexibility index (Phi) is 4.12. The molecule has 0 aromatic heterocycles. The van der Waals surface area contributed by atoms with Crippen molar-refractivity contribution in [2.75, 3.05) is 19.1 Å². The normalized spacial score (nSPS) is 17.8. The van der Waals surface area contributed by atoms with Crippen molar-refractivity contribution in [3.8, 4) is 5.75 Å². The van der Waals surface area contributed by atoms with Crippen LogP contribution in [-0.2, 0) is 0 Å². The minimum Gasteiger partial charge on any atom is -0.496 e. The van der Waals surface area contributed by atoms with Crippen LogP contribution in [-0.4, -0.2) is 25.3 Å². The SMILES string of the molecule is COc1cccc(N(C)C2CCCC2)c1[C@H](C)O. The van der Waals surface area contributed by atoms with Crippen LogP contribution in [0, 0.1) is 0 Å². The molecule has 0 saturated heterocycles. The van der Waals surface area contributed by atoms with Gasteiger partial charge in [0.25, 0.3) is 0 Å². The number of anilines is 1. The van der Waals surface area contributed by atoms with E-state index in [0.717, 1.165) is 17.0 Å². The largest absolute Gasteiger partial charge is 0.496 e. The number of hydrogen-bond acceptors (Lipinski definition) is 3. The number of hydrogen-bond donors (Lipinski definition) is 1. The molecule has 1 fully saturated rings. The summed E-state index contributed by atoms with van der Waals surface area (Å²) in [6.45, 7) is 1.80. The lowest BCUT2D eigenvalue weighted by atomic mass is 10.0. The fourth-order valence-corrected chi connectivity index (χ4v) is 2.93. The summed E-state index contributed by atoms with van der Waals surface area (Å²) in [5, 5.41) is 10.0. The van der Waals surface area contributed by atoms with E-state index in [1.54, 1.807) is 14.0 Å². The summed E-state index contributed by atoms with van der Waals surface area (Å²) < 4.78 is 5.37. The third kappa shape index (κ3) is 2.46. The van der Waals surface area contributed by atoms with Crippen LogP contribution in [0.1, 0.15) is 44.3 Å². The predicted molar refractivity (Wildman–Crippen MR) is 74.3 cm³/mol. The summed E-state index contributed by atoms with van der Waals surface area (Å²) in [7, 11) is 3.78. The van der Waals surface area contributed by atoms with E-state index in [2.05, 4.69) is 18.0 Å². The van der Waals surface area contributed by atoms with Crippen LogP contribution in [0.15, 0.2) is 18.2 Å². The third-order valence-electron chi connectivity index (χ3n) is 3.93. The van der Waals surface area contributed by atoms with Crippen molar-refractivity contribution in [2.24, 2.45) is 0 Å². The van der Waals surface area contributed by atoms with Gasteiger partial charge in [-0.15, -0.1) is 0 Å². The number of methoxy groups -OCH3 is 1. The maximum Gasteiger partial charge on any atom is 0.126 e. The van der Waals surface area contributed by atoms with Gasteiger partial charge in [-0.1, -0.05) is 18.9 Å². The Hall–Kier alpha value is -1.22. The lowest BCUT2D eigenvalue weighted by Gasteiger charge is -2.30. The van der Waals surface area contributed by atoms with Gasteiger partial charge in [-0.2, -0.15) is 0 Å². The van der Waals surface area contributed by atoms with Crippen LogP contribution < -0.4 is 9.64 Å². The smallest absolute Gasteiger partial charge is 0.126 e. The maximum atomic E-state index is 10.0. The van der Waals surface area contributed by atoms with Gasteiger partial charge < -0.3 is 14.7 Å². The second-order valence-corrected chi connectivity index (χ2v) is 5.12. The molecule has 0 radical (unpaired) electrons. The second kappa shape index (κ2) is 5.61. The van der Waals surface area contributed by atoms with E-state index in [0.29, 0.717) is 6.04 Å². The number of benzene rings is 1. The summed E-state index contributed by atoms with van der Waals surface area (Å²) in [5.41, 5.74) is 1.99. The van der Waals surface area contributed by atoms with E-state index < -0.39 is 6.10 Å². The van der Waals surface area contributed by atoms with Crippen LogP contribution in [0.5, 0.6) is 5.75 Å². The molecule has 1 aromatic rings. The molecule has 3 nitrogen and oxygen atoms in total. The van der Waals surface area contributed by atoms with Crippen LogP contribution >= 0.6 is 0 Å². The number of ether oxygens (including phenoxy) is 1. The van der Waals surface area contributed by atoms with Crippen molar-refractivity contribution in [3.05, 3.63) is 23.8 Å². The molecule has 1 aliphatic carbocycles. The van der Waals surface area contributed by atoms with Crippen LogP contribution in [0.3, 0.4) is 0 Å². The lowest BCUT2D eigenvalue weighted by molar-refractivity contribution is 0.194. The van der Waals surface area contributed by atoms with Crippen molar-refractivity contribution < 1.29 is 9.84 Å². The quantitative estimate of drug-likeness (QED) is 0.890. The molecule has 2 rings (SSSR count). The van der Waals surface area contributed by atoms with E-state index >= 15 is 0 Å². The summed E-state index contributed by atoms with van der Waals surface area (Å²) in [6, 6.07) is 6.57. The molecule has 0 bridgehead atoms. The summed E-state index contributed by atoms with van der Waals surface area (Å²) in [6.07, 6.45) is 4.59. The fourth-order valence-electron chi connectivity index (χ4n) is 2.93. The molecule has 0 unspecified atom stereocenters. The molecule has 1 saturated carbocycles. The van der Waals surface area contributed by atoms with Gasteiger partial charge >= 0.3 is 0 Å². The molecule has 3 heteroatoms. The van der Waals surface area contributed by atoms with Crippen LogP contribution in [0.25, 0.3) is 0 Å². The third-order valence-corrected chi connectivity index (χ3v) is 3.93. The van der Waals surface area contributed by atoms with Gasteiger partial charge in [0.2, 0.25) is 0 Å². The molecule has 100 valence electrons. The van der Waals surface area contributed by atoms with Crippen molar-refractivity contribution in [3.63, 3.8) is 0 Å². The molecular formula is C15H23NO2. The first-order valence-corrected chi connectivity index (χ1v) is 6.73. The zero-order valence-corrected chi connectivity index (χ0v) is 11.5. The Morgan fingerprint density at radius 3 is 2.56 bits per heavy atom. The van der Waals surface area contributed by atoms with Crippen molar-refractivity contribution in [2.45, 2.75) is 44.8 Å². The zero-order valence-electron chi connectivity index (χ0n) is 11.5. The highest BCUT2D eigenvalue weighted by molar-refractivity contribution is 5.60. The highest BCUT2D eigenvalue weighted by Gasteiger charge is 2.24. The van der Waals surface area contributed by atoms with E-state index in [1.807, 2.05) is 12.1 Å². The monoisotopic (exact) mass is 249 g/mol. The number of nitrogens with zero attached hydrogens (tertiary/aromatic N) is 1. The Morgan fingerprint density at radius 1 is 1.33 bits per heavy atom. The number of aliphatic hydroxyl groups excluding tert-OH is 1. The molecule has 1 N–H and O–H groups in total. The van der Waals surface area contributed by atoms with E-state index in [9.17, 15) is 5.11 Å². The lowest BCUT2D eigenvalue weighted by Crippen LogP contribution is -2.30. The number of rotatable bonds is 4. The molecule has 0 amide bonds. The Morgan fingerprint density at radius 2 is 2.00 bits per heavy atom. The average molecular weight is 249 g/mol. The highest BCUT2D eigenvalue weighted by Crippen LogP contribution is 2.37. The first kappa shape index (κ1) is 13.2. The van der Waals surface area contributed by atoms with Gasteiger partial charge in [-0.25, -0.2) is 0 Å². The first-order valence-electron chi connectivity index (χ1n) is 6.73. The molecule has 0 spiro atoms. The standard InChI is InChI=1S/C15H23NO2/c1-11(17)15-13(9-6-10-14(15)18-3)16(2)12-7-4-5-8-12/h6,9-12,17H,4-5,7-8H2,1-3H3/t11-/m0/s1. The van der Waals surface area contributed by atoms with Gasteiger partial charge in [-0.05, 0) is 31.9 Å². The summed E-state index contributed by atoms with van der Waals surface area (Å²) in [4.78, 5) is 2.30. The number of aliphatic hydroxyl groups is 1. The topological polar surface area (TPSA) is 32.7 Å². The van der Waals surface area contributed by atoms with E-state index in [1.165, 1.54) is 25.7 Å². The van der Waals surface area contributed by atoms with Gasteiger partial charge in [0.05, 0.1) is 13.2 Å². The Bertz CT molecular complexity index is 397. The van der Waals surface area contributed by atoms with Crippen LogP contribution in [0.4, 0.5) is 5.69 Å². The summed E-state index contributed by atoms with van der Waals surface area (Å²) in [5.74, 6) is 0.771. The molecule has 0 aliphatic heterocycles. The van der Waals surface area contributed by atoms with Gasteiger partial charge in [0, 0.05) is 24.3 Å². The molecule has 1 aromatic carbocycles. The highest BCUT2D eigenvalue weighted by atomic mass is 16.5. The molecule has 0 heterocycles. The average Bonchev–Trinajstić information content (AvgIpc) is 2.90. The summed E-state index contributed by atoms with van der Waals surface area (Å²) >= 11 is 0. The van der Waals surface area contributed by atoms with Crippen molar-refractivity contribution >= 4 is 5.69 Å². The van der Waals surface area contributed by atoms with Gasteiger partial charge in [0.1, 0.15) is 5.75 Å². The van der Waals surface area contributed by atoms with Crippen LogP contribution in [0.2, 0.25) is 0 Å². The van der Waals surface area contributed by atoms with Gasteiger partial charge in [-0.3, -0.25) is 0 Å². The fraction of sp³-hybridized carbons (Fsp3) is 0.600. The predicted octanol–water partition coefficient (Wildman–Crippen LogP) is 3.13. The van der Waals surface area contributed by atoms with E-state index in [4.69, 9.17) is 4.74 Å².